The van der Waals surface area contributed by atoms with E-state index in [1.807, 2.05) is 31.7 Å². The number of hydrogen-bond acceptors (Lipinski definition) is 4. The van der Waals surface area contributed by atoms with Crippen molar-refractivity contribution in [1.29, 1.82) is 0 Å². The summed E-state index contributed by atoms with van der Waals surface area (Å²) in [6.45, 7) is 7.41. The first-order valence-corrected chi connectivity index (χ1v) is 9.27. The Labute approximate surface area is 125 Å². The van der Waals surface area contributed by atoms with Gasteiger partial charge in [0.1, 0.15) is 0 Å². The van der Waals surface area contributed by atoms with Gasteiger partial charge in [-0.15, -0.1) is 0 Å². The van der Waals surface area contributed by atoms with Crippen molar-refractivity contribution < 1.29 is 8.42 Å². The fraction of sp³-hybridized carbons (Fsp3) is 0.571. The van der Waals surface area contributed by atoms with Crippen molar-refractivity contribution in [2.75, 3.05) is 18.8 Å². The van der Waals surface area contributed by atoms with Gasteiger partial charge in [0.15, 0.2) is 0 Å². The summed E-state index contributed by atoms with van der Waals surface area (Å²) >= 11 is 1.82. The first-order chi connectivity index (χ1) is 9.36. The average Bonchev–Trinajstić information content (AvgIpc) is 2.38. The minimum atomic E-state index is -3.41. The van der Waals surface area contributed by atoms with E-state index in [0.717, 1.165) is 22.4 Å². The maximum atomic E-state index is 12.8. The highest BCUT2D eigenvalue weighted by Crippen LogP contribution is 2.27. The normalized spacial score (nSPS) is 21.1. The van der Waals surface area contributed by atoms with Gasteiger partial charge >= 0.3 is 0 Å². The lowest BCUT2D eigenvalue weighted by Crippen LogP contribution is -2.41. The quantitative estimate of drug-likeness (QED) is 0.925. The van der Waals surface area contributed by atoms with Crippen LogP contribution in [0.25, 0.3) is 0 Å². The van der Waals surface area contributed by atoms with Gasteiger partial charge < -0.3 is 5.73 Å². The molecule has 1 aliphatic rings. The lowest BCUT2D eigenvalue weighted by molar-refractivity contribution is 0.424. The molecule has 112 valence electrons. The topological polar surface area (TPSA) is 63.4 Å². The van der Waals surface area contributed by atoms with Gasteiger partial charge in [-0.25, -0.2) is 8.42 Å². The van der Waals surface area contributed by atoms with Gasteiger partial charge in [0, 0.05) is 30.6 Å². The van der Waals surface area contributed by atoms with Gasteiger partial charge in [-0.05, 0) is 36.6 Å². The molecule has 6 heteroatoms. The zero-order valence-corrected chi connectivity index (χ0v) is 13.9. The van der Waals surface area contributed by atoms with Crippen molar-refractivity contribution in [1.82, 2.24) is 4.31 Å². The largest absolute Gasteiger partial charge is 0.326 e. The first-order valence-electron chi connectivity index (χ1n) is 6.78. The molecule has 0 amide bonds. The molecule has 1 heterocycles. The van der Waals surface area contributed by atoms with Crippen molar-refractivity contribution in [2.24, 2.45) is 5.73 Å². The van der Waals surface area contributed by atoms with Crippen LogP contribution in [0.3, 0.4) is 0 Å². The molecule has 1 fully saturated rings. The molecule has 1 aromatic rings. The molecule has 0 radical (unpaired) electrons. The molecule has 0 saturated carbocycles. The van der Waals surface area contributed by atoms with Crippen molar-refractivity contribution >= 4 is 21.8 Å². The van der Waals surface area contributed by atoms with E-state index in [-0.39, 0.29) is 0 Å². The lowest BCUT2D eigenvalue weighted by Gasteiger charge is -2.30. The minimum absolute atomic E-state index is 0.346. The minimum Gasteiger partial charge on any atom is -0.326 e. The molecule has 2 rings (SSSR count). The molecular weight excluding hydrogens is 292 g/mol. The number of nitrogens with two attached hydrogens (primary N) is 1. The van der Waals surface area contributed by atoms with Crippen LogP contribution in [-0.4, -0.2) is 36.8 Å². The van der Waals surface area contributed by atoms with Gasteiger partial charge in [0.05, 0.1) is 4.90 Å². The molecular formula is C14H22N2O2S2. The molecule has 4 nitrogen and oxygen atoms in total. The van der Waals surface area contributed by atoms with Crippen LogP contribution in [0.15, 0.2) is 17.0 Å². The second-order valence-corrected chi connectivity index (χ2v) is 8.75. The highest BCUT2D eigenvalue weighted by molar-refractivity contribution is 8.00. The maximum absolute atomic E-state index is 12.8. The predicted octanol–water partition coefficient (Wildman–Crippen LogP) is 1.89. The van der Waals surface area contributed by atoms with Crippen LogP contribution >= 0.6 is 11.8 Å². The summed E-state index contributed by atoms with van der Waals surface area (Å²) in [6, 6.07) is 3.66. The Kier molecular flexibility index (Phi) is 4.79. The second kappa shape index (κ2) is 6.05. The predicted molar refractivity (Wildman–Crippen MR) is 84.5 cm³/mol. The van der Waals surface area contributed by atoms with Gasteiger partial charge in [0.25, 0.3) is 0 Å². The van der Waals surface area contributed by atoms with Crippen molar-refractivity contribution in [2.45, 2.75) is 37.5 Å². The van der Waals surface area contributed by atoms with Crippen molar-refractivity contribution in [3.63, 3.8) is 0 Å². The summed E-state index contributed by atoms with van der Waals surface area (Å²) < 4.78 is 27.2. The summed E-state index contributed by atoms with van der Waals surface area (Å²) in [5.41, 5.74) is 8.44. The van der Waals surface area contributed by atoms with Crippen LogP contribution in [0.2, 0.25) is 0 Å². The molecule has 1 aliphatic heterocycles. The zero-order chi connectivity index (χ0) is 14.9. The smallest absolute Gasteiger partial charge is 0.243 e. The highest BCUT2D eigenvalue weighted by Gasteiger charge is 2.30. The molecule has 0 bridgehead atoms. The third-order valence-corrected chi connectivity index (χ3v) is 6.82. The van der Waals surface area contributed by atoms with E-state index in [0.29, 0.717) is 29.8 Å². The highest BCUT2D eigenvalue weighted by atomic mass is 32.2. The molecule has 1 aromatic carbocycles. The molecule has 0 spiro atoms. The number of rotatable bonds is 3. The average molecular weight is 314 g/mol. The van der Waals surface area contributed by atoms with E-state index in [2.05, 4.69) is 6.92 Å². The number of hydrogen-bond donors (Lipinski definition) is 1. The summed E-state index contributed by atoms with van der Waals surface area (Å²) in [7, 11) is -3.41. The third kappa shape index (κ3) is 3.03. The fourth-order valence-corrected chi connectivity index (χ4v) is 5.53. The van der Waals surface area contributed by atoms with Gasteiger partial charge in [0.2, 0.25) is 10.0 Å². The van der Waals surface area contributed by atoms with Crippen LogP contribution < -0.4 is 5.73 Å². The summed E-state index contributed by atoms with van der Waals surface area (Å²) in [5.74, 6) is 0.856. The van der Waals surface area contributed by atoms with Crippen LogP contribution in [0.1, 0.15) is 23.6 Å². The Morgan fingerprint density at radius 3 is 2.65 bits per heavy atom. The van der Waals surface area contributed by atoms with Crippen molar-refractivity contribution in [3.05, 3.63) is 28.8 Å². The lowest BCUT2D eigenvalue weighted by atomic mass is 10.1. The van der Waals surface area contributed by atoms with Crippen molar-refractivity contribution in [3.8, 4) is 0 Å². The van der Waals surface area contributed by atoms with Gasteiger partial charge in [-0.3, -0.25) is 0 Å². The molecule has 1 unspecified atom stereocenters. The van der Waals surface area contributed by atoms with E-state index < -0.39 is 10.0 Å². The Morgan fingerprint density at radius 1 is 1.35 bits per heavy atom. The van der Waals surface area contributed by atoms with E-state index in [9.17, 15) is 8.42 Å². The Morgan fingerprint density at radius 2 is 2.05 bits per heavy atom. The molecule has 2 N–H and O–H groups in total. The van der Waals surface area contributed by atoms with Crippen LogP contribution in [0.5, 0.6) is 0 Å². The Hall–Kier alpha value is -0.560. The maximum Gasteiger partial charge on any atom is 0.243 e. The van der Waals surface area contributed by atoms with E-state index in [1.54, 1.807) is 10.4 Å². The number of nitrogens with zero attached hydrogens (tertiary/aromatic N) is 1. The Bertz CT molecular complexity index is 599. The molecule has 0 aliphatic carbocycles. The summed E-state index contributed by atoms with van der Waals surface area (Å²) in [5, 5.41) is 0.346. The van der Waals surface area contributed by atoms with Gasteiger partial charge in [-0.1, -0.05) is 13.0 Å². The first kappa shape index (κ1) is 15.8. The molecule has 0 aromatic heterocycles. The number of aryl methyl sites for hydroxylation is 2. The summed E-state index contributed by atoms with van der Waals surface area (Å²) in [6.07, 6.45) is 0. The van der Waals surface area contributed by atoms with E-state index in [1.165, 1.54) is 0 Å². The summed E-state index contributed by atoms with van der Waals surface area (Å²) in [4.78, 5) is 0.405. The van der Waals surface area contributed by atoms with Crippen LogP contribution in [-0.2, 0) is 16.6 Å². The number of sulfonamides is 1. The van der Waals surface area contributed by atoms with E-state index >= 15 is 0 Å². The number of thioether (sulfide) groups is 1. The number of benzene rings is 1. The van der Waals surface area contributed by atoms with Crippen LogP contribution in [0.4, 0.5) is 0 Å². The second-order valence-electron chi connectivity index (χ2n) is 5.29. The monoisotopic (exact) mass is 314 g/mol. The fourth-order valence-electron chi connectivity index (χ4n) is 2.52. The standard InChI is InChI=1S/C14H22N2O2S2/c1-10-6-11(2)14(7-13(10)8-15)20(17,18)16-4-5-19-12(3)9-16/h6-7,12H,4-5,8-9,15H2,1-3H3. The SMILES string of the molecule is Cc1cc(C)c(S(=O)(=O)N2CCSC(C)C2)cc1CN. The molecule has 20 heavy (non-hydrogen) atoms. The zero-order valence-electron chi connectivity index (χ0n) is 12.2. The van der Waals surface area contributed by atoms with Gasteiger partial charge in [-0.2, -0.15) is 16.1 Å². The van der Waals surface area contributed by atoms with E-state index in [4.69, 9.17) is 5.73 Å². The molecule has 1 saturated heterocycles. The van der Waals surface area contributed by atoms with Crippen LogP contribution in [0, 0.1) is 13.8 Å². The third-order valence-electron chi connectivity index (χ3n) is 3.68. The molecule has 1 atom stereocenters. The Balaban J connectivity index is 2.43.